The summed E-state index contributed by atoms with van der Waals surface area (Å²) in [7, 11) is 5.54. The summed E-state index contributed by atoms with van der Waals surface area (Å²) in [5, 5.41) is 6.59. The predicted octanol–water partition coefficient (Wildman–Crippen LogP) is 6.30. The first kappa shape index (κ1) is 25.0. The maximum atomic E-state index is 13.3. The second-order valence-corrected chi connectivity index (χ2v) is 9.30. The van der Waals surface area contributed by atoms with Crippen molar-refractivity contribution in [1.29, 1.82) is 0 Å². The molecule has 0 saturated carbocycles. The minimum atomic E-state index is -0.401. The second-order valence-electron chi connectivity index (χ2n) is 9.30. The molecule has 38 heavy (non-hydrogen) atoms. The number of Topliss-reactive ketones (excluding diaryl/α,β-unsaturated/α-hetero) is 1. The molecule has 0 saturated heterocycles. The number of ether oxygens (including phenoxy) is 2. The number of hydrogen-bond donors (Lipinski definition) is 2. The van der Waals surface area contributed by atoms with Gasteiger partial charge in [-0.3, -0.25) is 4.79 Å². The number of anilines is 3. The van der Waals surface area contributed by atoms with Crippen molar-refractivity contribution in [2.75, 3.05) is 36.7 Å². The van der Waals surface area contributed by atoms with Gasteiger partial charge in [-0.2, -0.15) is 0 Å². The van der Waals surface area contributed by atoms with E-state index in [2.05, 4.69) is 22.1 Å². The molecular weight excluding hydrogens is 480 g/mol. The highest BCUT2D eigenvalue weighted by Crippen LogP contribution is 2.36. The van der Waals surface area contributed by atoms with Crippen LogP contribution in [-0.4, -0.2) is 37.6 Å². The summed E-state index contributed by atoms with van der Waals surface area (Å²) < 4.78 is 13.6. The van der Waals surface area contributed by atoms with Gasteiger partial charge < -0.3 is 29.6 Å². The number of nitrogens with zero attached hydrogens (tertiary/aromatic N) is 2. The van der Waals surface area contributed by atoms with E-state index in [1.807, 2.05) is 68.4 Å². The van der Waals surface area contributed by atoms with Crippen LogP contribution in [0.5, 0.6) is 11.5 Å². The van der Waals surface area contributed by atoms with Crippen LogP contribution < -0.4 is 25.0 Å². The number of amides is 2. The summed E-state index contributed by atoms with van der Waals surface area (Å²) in [6.45, 7) is 4.91. The smallest absolute Gasteiger partial charge is 0.323 e. The Morgan fingerprint density at radius 2 is 1.74 bits per heavy atom. The number of carbonyl (C=O) groups excluding carboxylic acids is 2. The van der Waals surface area contributed by atoms with Crippen molar-refractivity contribution in [2.24, 2.45) is 0 Å². The fourth-order valence-electron chi connectivity index (χ4n) is 4.74. The number of rotatable bonds is 6. The lowest BCUT2D eigenvalue weighted by Gasteiger charge is -2.13. The first-order chi connectivity index (χ1) is 18.3. The predicted molar refractivity (Wildman–Crippen MR) is 152 cm³/mol. The molecule has 2 heterocycles. The molecule has 2 amide bonds. The molecule has 3 aromatic carbocycles. The fraction of sp³-hybridized carbons (Fsp3) is 0.200. The Labute approximate surface area is 221 Å². The van der Waals surface area contributed by atoms with Crippen LogP contribution in [0.4, 0.5) is 21.9 Å². The van der Waals surface area contributed by atoms with Gasteiger partial charge in [0.25, 0.3) is 0 Å². The number of allylic oxidation sites excluding steroid dienone is 1. The molecule has 0 atom stereocenters. The molecule has 2 N–H and O–H groups in total. The van der Waals surface area contributed by atoms with Gasteiger partial charge in [0.2, 0.25) is 5.78 Å². The average molecular weight is 511 g/mol. The molecule has 0 unspecified atom stereocenters. The summed E-state index contributed by atoms with van der Waals surface area (Å²) in [6.07, 6.45) is 1.79. The van der Waals surface area contributed by atoms with E-state index in [9.17, 15) is 9.59 Å². The zero-order valence-electron chi connectivity index (χ0n) is 22.1. The third-order valence-corrected chi connectivity index (χ3v) is 6.74. The lowest BCUT2D eigenvalue weighted by atomic mass is 10.1. The van der Waals surface area contributed by atoms with Gasteiger partial charge in [-0.1, -0.05) is 0 Å². The molecule has 194 valence electrons. The Bertz CT molecular complexity index is 1580. The van der Waals surface area contributed by atoms with Crippen molar-refractivity contribution in [3.05, 3.63) is 83.2 Å². The minimum absolute atomic E-state index is 0.233. The molecule has 0 spiro atoms. The third kappa shape index (κ3) is 4.56. The number of aromatic nitrogens is 1. The number of aryl methyl sites for hydroxylation is 1. The molecule has 0 aliphatic carbocycles. The first-order valence-electron chi connectivity index (χ1n) is 12.4. The van der Waals surface area contributed by atoms with Gasteiger partial charge >= 0.3 is 6.03 Å². The van der Waals surface area contributed by atoms with Crippen molar-refractivity contribution < 1.29 is 19.1 Å². The van der Waals surface area contributed by atoms with Gasteiger partial charge in [-0.15, -0.1) is 0 Å². The Morgan fingerprint density at radius 3 is 2.42 bits per heavy atom. The summed E-state index contributed by atoms with van der Waals surface area (Å²) in [6, 6.07) is 18.1. The lowest BCUT2D eigenvalue weighted by molar-refractivity contribution is 0.101. The van der Waals surface area contributed by atoms with Crippen LogP contribution >= 0.6 is 0 Å². The molecule has 8 heteroatoms. The van der Waals surface area contributed by atoms with E-state index in [0.717, 1.165) is 40.1 Å². The molecule has 8 nitrogen and oxygen atoms in total. The van der Waals surface area contributed by atoms with Crippen molar-refractivity contribution in [3.63, 3.8) is 0 Å². The molecule has 5 rings (SSSR count). The highest BCUT2D eigenvalue weighted by Gasteiger charge is 2.29. The average Bonchev–Trinajstić information content (AvgIpc) is 3.36. The van der Waals surface area contributed by atoms with Crippen LogP contribution in [0.3, 0.4) is 0 Å². The van der Waals surface area contributed by atoms with E-state index < -0.39 is 6.03 Å². The number of hydrogen-bond acceptors (Lipinski definition) is 5. The van der Waals surface area contributed by atoms with Crippen LogP contribution in [0, 0.1) is 6.92 Å². The number of nitrogens with one attached hydrogen (secondary N) is 2. The number of methoxy groups -OCH3 is 1. The molecule has 4 aromatic rings. The maximum Gasteiger partial charge on any atom is 0.323 e. The van der Waals surface area contributed by atoms with Crippen molar-refractivity contribution in [2.45, 2.75) is 20.4 Å². The van der Waals surface area contributed by atoms with E-state index in [-0.39, 0.29) is 11.5 Å². The van der Waals surface area contributed by atoms with Crippen LogP contribution in [0.1, 0.15) is 28.5 Å². The van der Waals surface area contributed by atoms with Gasteiger partial charge in [0.15, 0.2) is 5.76 Å². The Morgan fingerprint density at radius 1 is 1.03 bits per heavy atom. The third-order valence-electron chi connectivity index (χ3n) is 6.74. The van der Waals surface area contributed by atoms with Crippen LogP contribution in [-0.2, 0) is 6.54 Å². The minimum Gasteiger partial charge on any atom is -0.497 e. The maximum absolute atomic E-state index is 13.3. The largest absolute Gasteiger partial charge is 0.497 e. The molecule has 1 aliphatic rings. The summed E-state index contributed by atoms with van der Waals surface area (Å²) in [5.41, 5.74) is 5.60. The van der Waals surface area contributed by atoms with Crippen molar-refractivity contribution in [3.8, 4) is 11.5 Å². The Hall–Kier alpha value is -4.72. The van der Waals surface area contributed by atoms with E-state index in [1.165, 1.54) is 0 Å². The molecule has 1 aliphatic heterocycles. The van der Waals surface area contributed by atoms with Gasteiger partial charge in [0.1, 0.15) is 11.5 Å². The van der Waals surface area contributed by atoms with E-state index in [0.29, 0.717) is 22.7 Å². The van der Waals surface area contributed by atoms with Crippen LogP contribution in [0.2, 0.25) is 0 Å². The second kappa shape index (κ2) is 9.97. The first-order valence-corrected chi connectivity index (χ1v) is 12.4. The number of benzene rings is 3. The molecule has 1 aromatic heterocycles. The fourth-order valence-corrected chi connectivity index (χ4v) is 4.74. The summed E-state index contributed by atoms with van der Waals surface area (Å²) >= 11 is 0. The van der Waals surface area contributed by atoms with Crippen molar-refractivity contribution in [1.82, 2.24) is 4.57 Å². The van der Waals surface area contributed by atoms with Crippen LogP contribution in [0.15, 0.2) is 66.4 Å². The number of carbonyl (C=O) groups is 2. The quantitative estimate of drug-likeness (QED) is 0.297. The zero-order valence-corrected chi connectivity index (χ0v) is 22.1. The molecule has 0 fully saturated rings. The zero-order chi connectivity index (χ0) is 27.0. The monoisotopic (exact) mass is 510 g/mol. The lowest BCUT2D eigenvalue weighted by Crippen LogP contribution is -2.19. The number of ketones is 1. The molecular formula is C30H30N4O4. The van der Waals surface area contributed by atoms with E-state index in [1.54, 1.807) is 31.4 Å². The molecule has 0 bridgehead atoms. The SMILES string of the molecule is CCn1c(C)c(C=C2Oc3ccc(NC(=O)Nc4ccc(N(C)C)cc4)cc3C2=O)c2cc(OC)ccc21. The topological polar surface area (TPSA) is 84.8 Å². The molecule has 0 radical (unpaired) electrons. The van der Waals surface area contributed by atoms with Gasteiger partial charge in [0, 0.05) is 59.9 Å². The Kier molecular flexibility index (Phi) is 6.55. The van der Waals surface area contributed by atoms with E-state index >= 15 is 0 Å². The van der Waals surface area contributed by atoms with Gasteiger partial charge in [0.05, 0.1) is 12.7 Å². The van der Waals surface area contributed by atoms with Crippen LogP contribution in [0.25, 0.3) is 17.0 Å². The Balaban J connectivity index is 1.37. The van der Waals surface area contributed by atoms with Gasteiger partial charge in [-0.25, -0.2) is 4.79 Å². The summed E-state index contributed by atoms with van der Waals surface area (Å²) in [4.78, 5) is 27.8. The van der Waals surface area contributed by atoms with Crippen molar-refractivity contribution >= 4 is 45.9 Å². The standard InChI is InChI=1S/C30H30N4O4/c1-6-34-18(2)23(24-16-22(37-5)12-13-26(24)34)17-28-29(35)25-15-20(9-14-27(25)38-28)32-30(36)31-19-7-10-21(11-8-19)33(3)4/h7-17H,6H2,1-5H3,(H2,31,32,36). The number of fused-ring (bicyclic) bond motifs is 2. The summed E-state index contributed by atoms with van der Waals surface area (Å²) in [5.74, 6) is 1.21. The normalized spacial score (nSPS) is 13.4. The highest BCUT2D eigenvalue weighted by molar-refractivity contribution is 6.16. The highest BCUT2D eigenvalue weighted by atomic mass is 16.5. The number of urea groups is 1. The van der Waals surface area contributed by atoms with Gasteiger partial charge in [-0.05, 0) is 80.6 Å². The van der Waals surface area contributed by atoms with E-state index in [4.69, 9.17) is 9.47 Å².